The molecule has 6 nitrogen and oxygen atoms in total. The predicted octanol–water partition coefficient (Wildman–Crippen LogP) is -0.494. The molecule has 0 spiro atoms. The number of ether oxygens (including phenoxy) is 3. The zero-order valence-corrected chi connectivity index (χ0v) is 10.3. The van der Waals surface area contributed by atoms with E-state index >= 15 is 0 Å². The van der Waals surface area contributed by atoms with Gasteiger partial charge in [-0.25, -0.2) is 0 Å². The summed E-state index contributed by atoms with van der Waals surface area (Å²) in [6, 6.07) is 9.42. The van der Waals surface area contributed by atoms with Crippen LogP contribution in [0.15, 0.2) is 30.3 Å². The number of nitrogens with two attached hydrogens (primary N) is 1. The molecule has 19 heavy (non-hydrogen) atoms. The molecule has 2 saturated heterocycles. The smallest absolute Gasteiger partial charge is 0.184 e. The van der Waals surface area contributed by atoms with E-state index in [1.54, 1.807) is 0 Å². The van der Waals surface area contributed by atoms with Gasteiger partial charge in [-0.15, -0.1) is 0 Å². The fourth-order valence-electron chi connectivity index (χ4n) is 2.42. The Morgan fingerprint density at radius 2 is 1.79 bits per heavy atom. The van der Waals surface area contributed by atoms with Gasteiger partial charge in [-0.3, -0.25) is 0 Å². The molecule has 0 saturated carbocycles. The lowest BCUT2D eigenvalue weighted by atomic mass is 9.97. The van der Waals surface area contributed by atoms with Gasteiger partial charge in [0.15, 0.2) is 6.29 Å². The van der Waals surface area contributed by atoms with Crippen molar-refractivity contribution in [2.24, 2.45) is 5.73 Å². The van der Waals surface area contributed by atoms with Crippen molar-refractivity contribution >= 4 is 0 Å². The van der Waals surface area contributed by atoms with Gasteiger partial charge in [0, 0.05) is 5.56 Å². The molecular formula is C13H17NO5. The van der Waals surface area contributed by atoms with Crippen LogP contribution < -0.4 is 5.73 Å². The molecule has 3 rings (SSSR count). The molecule has 104 valence electrons. The van der Waals surface area contributed by atoms with Gasteiger partial charge < -0.3 is 30.2 Å². The Labute approximate surface area is 110 Å². The van der Waals surface area contributed by atoms with Gasteiger partial charge >= 0.3 is 0 Å². The molecule has 0 bridgehead atoms. The summed E-state index contributed by atoms with van der Waals surface area (Å²) in [5.41, 5.74) is 6.44. The molecule has 2 aliphatic rings. The third kappa shape index (κ3) is 2.38. The summed E-state index contributed by atoms with van der Waals surface area (Å²) >= 11 is 0. The lowest BCUT2D eigenvalue weighted by Crippen LogP contribution is -2.63. The second-order valence-electron chi connectivity index (χ2n) is 4.80. The van der Waals surface area contributed by atoms with Crippen LogP contribution in [0.5, 0.6) is 0 Å². The lowest BCUT2D eigenvalue weighted by Gasteiger charge is -2.45. The molecule has 1 aromatic rings. The highest BCUT2D eigenvalue weighted by molar-refractivity contribution is 5.16. The standard InChI is InChI=1S/C13H17NO5/c14-12-10(16)9(15)11-8(18-12)6-17-13(19-11)7-4-2-1-3-5-7/h1-5,8-13,15-16H,6,14H2/t8-,9-,10-,11-,12+,13?/m1/s1. The van der Waals surface area contributed by atoms with Crippen molar-refractivity contribution < 1.29 is 24.4 Å². The van der Waals surface area contributed by atoms with E-state index in [0.717, 1.165) is 5.56 Å². The summed E-state index contributed by atoms with van der Waals surface area (Å²) in [5, 5.41) is 19.7. The van der Waals surface area contributed by atoms with E-state index in [-0.39, 0.29) is 6.61 Å². The molecule has 1 aromatic carbocycles. The van der Waals surface area contributed by atoms with Gasteiger partial charge in [-0.2, -0.15) is 0 Å². The zero-order chi connectivity index (χ0) is 13.4. The summed E-state index contributed by atoms with van der Waals surface area (Å²) in [4.78, 5) is 0. The Hall–Kier alpha value is -1.02. The minimum absolute atomic E-state index is 0.266. The van der Waals surface area contributed by atoms with Crippen LogP contribution in [0.2, 0.25) is 0 Å². The number of hydrogen-bond acceptors (Lipinski definition) is 6. The first kappa shape index (κ1) is 13.0. The second-order valence-corrected chi connectivity index (χ2v) is 4.80. The summed E-state index contributed by atoms with van der Waals surface area (Å²) in [6.07, 6.45) is -4.83. The van der Waals surface area contributed by atoms with Crippen molar-refractivity contribution in [2.75, 3.05) is 6.61 Å². The SMILES string of the molecule is N[C@H]1O[C@@H]2COC(c3ccccc3)O[C@H]2[C@H](O)[C@H]1O. The van der Waals surface area contributed by atoms with Crippen LogP contribution in [0.4, 0.5) is 0 Å². The first-order valence-corrected chi connectivity index (χ1v) is 6.26. The van der Waals surface area contributed by atoms with Crippen molar-refractivity contribution in [3.63, 3.8) is 0 Å². The van der Waals surface area contributed by atoms with Crippen molar-refractivity contribution in [1.29, 1.82) is 0 Å². The summed E-state index contributed by atoms with van der Waals surface area (Å²) in [7, 11) is 0. The fourth-order valence-corrected chi connectivity index (χ4v) is 2.42. The van der Waals surface area contributed by atoms with Crippen molar-refractivity contribution in [3.05, 3.63) is 35.9 Å². The highest BCUT2D eigenvalue weighted by Gasteiger charge is 2.47. The Balaban J connectivity index is 1.75. The van der Waals surface area contributed by atoms with Crippen LogP contribution in [-0.2, 0) is 14.2 Å². The van der Waals surface area contributed by atoms with E-state index in [2.05, 4.69) is 0 Å². The van der Waals surface area contributed by atoms with Gasteiger partial charge in [0.2, 0.25) is 0 Å². The maximum Gasteiger partial charge on any atom is 0.184 e. The molecule has 6 heteroatoms. The van der Waals surface area contributed by atoms with Crippen molar-refractivity contribution in [1.82, 2.24) is 0 Å². The van der Waals surface area contributed by atoms with Crippen LogP contribution in [0.3, 0.4) is 0 Å². The highest BCUT2D eigenvalue weighted by Crippen LogP contribution is 2.32. The van der Waals surface area contributed by atoms with E-state index in [1.165, 1.54) is 0 Å². The zero-order valence-electron chi connectivity index (χ0n) is 10.3. The van der Waals surface area contributed by atoms with Crippen LogP contribution in [0.1, 0.15) is 11.9 Å². The molecule has 2 aliphatic heterocycles. The van der Waals surface area contributed by atoms with Gasteiger partial charge in [0.1, 0.15) is 30.6 Å². The van der Waals surface area contributed by atoms with Crippen LogP contribution in [0, 0.1) is 0 Å². The predicted molar refractivity (Wildman–Crippen MR) is 64.9 cm³/mol. The third-order valence-corrected chi connectivity index (χ3v) is 3.49. The molecule has 2 fully saturated rings. The third-order valence-electron chi connectivity index (χ3n) is 3.49. The second kappa shape index (κ2) is 5.16. The van der Waals surface area contributed by atoms with E-state index in [0.29, 0.717) is 0 Å². The first-order chi connectivity index (χ1) is 9.16. The fraction of sp³-hybridized carbons (Fsp3) is 0.538. The topological polar surface area (TPSA) is 94.2 Å². The van der Waals surface area contributed by atoms with E-state index in [9.17, 15) is 10.2 Å². The number of benzene rings is 1. The number of aliphatic hydroxyl groups excluding tert-OH is 2. The van der Waals surface area contributed by atoms with Crippen molar-refractivity contribution in [3.8, 4) is 0 Å². The Kier molecular flexibility index (Phi) is 3.53. The molecule has 2 heterocycles. The van der Waals surface area contributed by atoms with Gasteiger partial charge in [0.05, 0.1) is 6.61 Å². The van der Waals surface area contributed by atoms with E-state index in [4.69, 9.17) is 19.9 Å². The molecule has 0 radical (unpaired) electrons. The van der Waals surface area contributed by atoms with Crippen molar-refractivity contribution in [2.45, 2.75) is 36.9 Å². The molecule has 0 aliphatic carbocycles. The van der Waals surface area contributed by atoms with E-state index < -0.39 is 36.9 Å². The summed E-state index contributed by atoms with van der Waals surface area (Å²) in [5.74, 6) is 0. The quantitative estimate of drug-likeness (QED) is 0.635. The van der Waals surface area contributed by atoms with Gasteiger partial charge in [0.25, 0.3) is 0 Å². The minimum atomic E-state index is -1.16. The number of rotatable bonds is 1. The molecule has 0 aromatic heterocycles. The van der Waals surface area contributed by atoms with Crippen LogP contribution in [0.25, 0.3) is 0 Å². The van der Waals surface area contributed by atoms with Crippen LogP contribution in [-0.4, -0.2) is 47.5 Å². The summed E-state index contributed by atoms with van der Waals surface area (Å²) in [6.45, 7) is 0.266. The Morgan fingerprint density at radius 3 is 2.53 bits per heavy atom. The van der Waals surface area contributed by atoms with Crippen LogP contribution >= 0.6 is 0 Å². The normalized spacial score (nSPS) is 42.7. The lowest BCUT2D eigenvalue weighted by molar-refractivity contribution is -0.327. The number of fused-ring (bicyclic) bond motifs is 1. The van der Waals surface area contributed by atoms with E-state index in [1.807, 2.05) is 30.3 Å². The molecule has 1 unspecified atom stereocenters. The van der Waals surface area contributed by atoms with Gasteiger partial charge in [-0.1, -0.05) is 30.3 Å². The molecule has 0 amide bonds. The average Bonchev–Trinajstić information content (AvgIpc) is 2.46. The maximum absolute atomic E-state index is 10.0. The number of hydrogen-bond donors (Lipinski definition) is 3. The Morgan fingerprint density at radius 1 is 1.05 bits per heavy atom. The van der Waals surface area contributed by atoms with Gasteiger partial charge in [-0.05, 0) is 0 Å². The Bertz CT molecular complexity index is 426. The largest absolute Gasteiger partial charge is 0.387 e. The first-order valence-electron chi connectivity index (χ1n) is 6.26. The number of aliphatic hydroxyl groups is 2. The molecule has 6 atom stereocenters. The molecular weight excluding hydrogens is 250 g/mol. The maximum atomic E-state index is 10.0. The molecule has 4 N–H and O–H groups in total. The highest BCUT2D eigenvalue weighted by atomic mass is 16.7. The summed E-state index contributed by atoms with van der Waals surface area (Å²) < 4.78 is 16.6. The minimum Gasteiger partial charge on any atom is -0.387 e. The monoisotopic (exact) mass is 267 g/mol. The average molecular weight is 267 g/mol.